The zero-order chi connectivity index (χ0) is 22.9. The normalized spacial score (nSPS) is 15.1. The zero-order valence-corrected chi connectivity index (χ0v) is 18.6. The van der Waals surface area contributed by atoms with Gasteiger partial charge in [0.15, 0.2) is 6.61 Å². The van der Waals surface area contributed by atoms with Crippen molar-refractivity contribution in [2.24, 2.45) is 0 Å². The number of benzene rings is 1. The smallest absolute Gasteiger partial charge is 0.378 e. The van der Waals surface area contributed by atoms with E-state index in [0.717, 1.165) is 5.69 Å². The van der Waals surface area contributed by atoms with E-state index in [1.54, 1.807) is 19.2 Å². The maximum atomic E-state index is 12.7. The predicted molar refractivity (Wildman–Crippen MR) is 113 cm³/mol. The summed E-state index contributed by atoms with van der Waals surface area (Å²) >= 11 is 5.82. The van der Waals surface area contributed by atoms with Gasteiger partial charge in [-0.05, 0) is 37.3 Å². The summed E-state index contributed by atoms with van der Waals surface area (Å²) < 4.78 is 33.2. The second-order valence-corrected chi connectivity index (χ2v) is 9.42. The number of aryl methyl sites for hydroxylation is 1. The highest BCUT2D eigenvalue weighted by atomic mass is 35.5. The fraction of sp³-hybridized carbons (Fsp3) is 0.316. The summed E-state index contributed by atoms with van der Waals surface area (Å²) in [5, 5.41) is 4.48. The van der Waals surface area contributed by atoms with E-state index in [1.165, 1.54) is 38.0 Å². The monoisotopic (exact) mass is 478 g/mol. The minimum Gasteiger partial charge on any atom is -0.450 e. The van der Waals surface area contributed by atoms with Gasteiger partial charge in [0.05, 0.1) is 4.90 Å². The van der Waals surface area contributed by atoms with Crippen LogP contribution in [0.4, 0.5) is 0 Å². The second kappa shape index (κ2) is 8.81. The number of hydrogen-bond acceptors (Lipinski definition) is 8. The van der Waals surface area contributed by atoms with Crippen LogP contribution in [-0.4, -0.2) is 81.9 Å². The lowest BCUT2D eigenvalue weighted by Gasteiger charge is -2.33. The molecule has 168 valence electrons. The molecule has 1 fully saturated rings. The van der Waals surface area contributed by atoms with Gasteiger partial charge in [0, 0.05) is 43.1 Å². The number of ether oxygens (including phenoxy) is 1. The van der Waals surface area contributed by atoms with E-state index < -0.39 is 28.5 Å². The number of carbonyl (C=O) groups excluding carboxylic acids is 2. The molecule has 0 aliphatic carbocycles. The molecule has 1 aromatic carbocycles. The lowest BCUT2D eigenvalue weighted by molar-refractivity contribution is -0.135. The summed E-state index contributed by atoms with van der Waals surface area (Å²) in [4.78, 5) is 34.2. The average molecular weight is 479 g/mol. The molecular formula is C19H19ClN6O5S. The highest BCUT2D eigenvalue weighted by molar-refractivity contribution is 7.89. The van der Waals surface area contributed by atoms with Crippen LogP contribution < -0.4 is 0 Å². The molecule has 32 heavy (non-hydrogen) atoms. The molecule has 0 radical (unpaired) electrons. The van der Waals surface area contributed by atoms with Crippen molar-refractivity contribution in [3.05, 3.63) is 53.1 Å². The van der Waals surface area contributed by atoms with Crippen molar-refractivity contribution in [1.82, 2.24) is 28.8 Å². The van der Waals surface area contributed by atoms with Crippen LogP contribution in [0.25, 0.3) is 5.78 Å². The molecule has 11 nitrogen and oxygen atoms in total. The number of aromatic nitrogens is 4. The standard InChI is InChI=1S/C19H19ClN6O5S/c1-13-6-7-21-19-22-17(23-26(13)19)18(28)31-12-16(27)24-8-10-25(11-9-24)32(29,30)15-4-2-14(20)3-5-15/h2-7H,8-12H2,1H3. The predicted octanol–water partition coefficient (Wildman–Crippen LogP) is 0.776. The van der Waals surface area contributed by atoms with E-state index in [4.69, 9.17) is 16.3 Å². The molecule has 2 aromatic heterocycles. The van der Waals surface area contributed by atoms with Gasteiger partial charge < -0.3 is 9.64 Å². The summed E-state index contributed by atoms with van der Waals surface area (Å²) in [7, 11) is -3.68. The van der Waals surface area contributed by atoms with Crippen LogP contribution in [0.3, 0.4) is 0 Å². The SMILES string of the molecule is Cc1ccnc2nc(C(=O)OCC(=O)N3CCN(S(=O)(=O)c4ccc(Cl)cc4)CC3)nn12. The third-order valence-electron chi connectivity index (χ3n) is 4.98. The van der Waals surface area contributed by atoms with Crippen LogP contribution in [0, 0.1) is 6.92 Å². The molecule has 0 bridgehead atoms. The third kappa shape index (κ3) is 4.42. The lowest BCUT2D eigenvalue weighted by atomic mass is 10.3. The molecule has 3 heterocycles. The number of esters is 1. The quantitative estimate of drug-likeness (QED) is 0.492. The first kappa shape index (κ1) is 22.1. The van der Waals surface area contributed by atoms with Crippen LogP contribution in [-0.2, 0) is 19.6 Å². The van der Waals surface area contributed by atoms with Crippen LogP contribution in [0.1, 0.15) is 16.3 Å². The molecular weight excluding hydrogens is 460 g/mol. The number of fused-ring (bicyclic) bond motifs is 1. The highest BCUT2D eigenvalue weighted by Gasteiger charge is 2.30. The molecule has 1 amide bonds. The van der Waals surface area contributed by atoms with Gasteiger partial charge in [-0.2, -0.15) is 9.29 Å². The third-order valence-corrected chi connectivity index (χ3v) is 7.15. The van der Waals surface area contributed by atoms with E-state index in [2.05, 4.69) is 15.1 Å². The Kier molecular flexibility index (Phi) is 6.09. The molecule has 4 rings (SSSR count). The number of sulfonamides is 1. The van der Waals surface area contributed by atoms with Crippen LogP contribution >= 0.6 is 11.6 Å². The minimum atomic E-state index is -3.68. The van der Waals surface area contributed by atoms with Crippen molar-refractivity contribution in [3.63, 3.8) is 0 Å². The lowest BCUT2D eigenvalue weighted by Crippen LogP contribution is -2.51. The first-order valence-electron chi connectivity index (χ1n) is 9.65. The second-order valence-electron chi connectivity index (χ2n) is 7.05. The number of halogens is 1. The maximum Gasteiger partial charge on any atom is 0.378 e. The summed E-state index contributed by atoms with van der Waals surface area (Å²) in [6, 6.07) is 7.63. The first-order chi connectivity index (χ1) is 15.3. The number of nitrogens with zero attached hydrogens (tertiary/aromatic N) is 6. The number of hydrogen-bond donors (Lipinski definition) is 0. The van der Waals surface area contributed by atoms with E-state index in [1.807, 2.05) is 0 Å². The van der Waals surface area contributed by atoms with Crippen LogP contribution in [0.15, 0.2) is 41.4 Å². The van der Waals surface area contributed by atoms with Gasteiger partial charge in [0.2, 0.25) is 10.0 Å². The topological polar surface area (TPSA) is 127 Å². The molecule has 3 aromatic rings. The Morgan fingerprint density at radius 3 is 2.44 bits per heavy atom. The van der Waals surface area contributed by atoms with E-state index in [9.17, 15) is 18.0 Å². The highest BCUT2D eigenvalue weighted by Crippen LogP contribution is 2.20. The maximum absolute atomic E-state index is 12.7. The molecule has 0 spiro atoms. The molecule has 13 heteroatoms. The fourth-order valence-corrected chi connectivity index (χ4v) is 4.76. The van der Waals surface area contributed by atoms with E-state index >= 15 is 0 Å². The Hall–Kier alpha value is -3.09. The average Bonchev–Trinajstić information content (AvgIpc) is 3.23. The van der Waals surface area contributed by atoms with E-state index in [0.29, 0.717) is 5.02 Å². The van der Waals surface area contributed by atoms with Crippen molar-refractivity contribution in [2.75, 3.05) is 32.8 Å². The van der Waals surface area contributed by atoms with Crippen molar-refractivity contribution >= 4 is 39.3 Å². The molecule has 1 aliphatic heterocycles. The summed E-state index contributed by atoms with van der Waals surface area (Å²) in [5.41, 5.74) is 0.740. The zero-order valence-electron chi connectivity index (χ0n) is 17.0. The summed E-state index contributed by atoms with van der Waals surface area (Å²) in [6.07, 6.45) is 1.55. The van der Waals surface area contributed by atoms with Gasteiger partial charge in [-0.1, -0.05) is 11.6 Å². The van der Waals surface area contributed by atoms with Crippen LogP contribution in [0.5, 0.6) is 0 Å². The van der Waals surface area contributed by atoms with Crippen molar-refractivity contribution < 1.29 is 22.7 Å². The van der Waals surface area contributed by atoms with Gasteiger partial charge in [0.25, 0.3) is 17.5 Å². The Balaban J connectivity index is 1.32. The molecule has 0 atom stereocenters. The molecule has 1 saturated heterocycles. The number of amides is 1. The Morgan fingerprint density at radius 1 is 1.09 bits per heavy atom. The van der Waals surface area contributed by atoms with E-state index in [-0.39, 0.29) is 42.7 Å². The summed E-state index contributed by atoms with van der Waals surface area (Å²) in [5.74, 6) is -1.22. The molecule has 0 saturated carbocycles. The number of carbonyl (C=O) groups is 2. The largest absolute Gasteiger partial charge is 0.450 e. The van der Waals surface area contributed by atoms with Gasteiger partial charge in [-0.3, -0.25) is 4.79 Å². The molecule has 0 unspecified atom stereocenters. The van der Waals surface area contributed by atoms with Gasteiger partial charge >= 0.3 is 5.97 Å². The van der Waals surface area contributed by atoms with Gasteiger partial charge in [0.1, 0.15) is 0 Å². The Bertz CT molecular complexity index is 1270. The fourth-order valence-electron chi connectivity index (χ4n) is 3.21. The first-order valence-corrected chi connectivity index (χ1v) is 11.5. The molecule has 1 aliphatic rings. The van der Waals surface area contributed by atoms with Gasteiger partial charge in [-0.25, -0.2) is 22.7 Å². The minimum absolute atomic E-state index is 0.129. The Morgan fingerprint density at radius 2 is 1.78 bits per heavy atom. The Labute approximate surface area is 188 Å². The van der Waals surface area contributed by atoms with Crippen molar-refractivity contribution in [1.29, 1.82) is 0 Å². The van der Waals surface area contributed by atoms with Crippen molar-refractivity contribution in [3.8, 4) is 0 Å². The summed E-state index contributed by atoms with van der Waals surface area (Å²) in [6.45, 7) is 1.91. The number of rotatable bonds is 5. The van der Waals surface area contributed by atoms with Crippen LogP contribution in [0.2, 0.25) is 5.02 Å². The molecule has 0 N–H and O–H groups in total. The number of piperazine rings is 1. The van der Waals surface area contributed by atoms with Crippen molar-refractivity contribution in [2.45, 2.75) is 11.8 Å². The van der Waals surface area contributed by atoms with Gasteiger partial charge in [-0.15, -0.1) is 5.10 Å².